The van der Waals surface area contributed by atoms with E-state index in [1.54, 1.807) is 6.07 Å². The number of pyridine rings is 1. The number of aromatic nitrogens is 1. The van der Waals surface area contributed by atoms with Crippen molar-refractivity contribution in [1.82, 2.24) is 4.98 Å². The lowest BCUT2D eigenvalue weighted by Gasteiger charge is -2.09. The van der Waals surface area contributed by atoms with E-state index in [0.29, 0.717) is 18.4 Å². The third kappa shape index (κ3) is 3.05. The molecule has 26 heavy (non-hydrogen) atoms. The Bertz CT molecular complexity index is 979. The fraction of sp³-hybridized carbons (Fsp3) is 0.190. The van der Waals surface area contributed by atoms with Gasteiger partial charge in [-0.25, -0.2) is 0 Å². The number of benzene rings is 2. The van der Waals surface area contributed by atoms with Gasteiger partial charge in [0.2, 0.25) is 0 Å². The van der Waals surface area contributed by atoms with Crippen LogP contribution in [0.4, 0.5) is 13.2 Å². The maximum Gasteiger partial charge on any atom is 0.417 e. The molecule has 0 saturated carbocycles. The average Bonchev–Trinajstić information content (AvgIpc) is 2.98. The predicted octanol–water partition coefficient (Wildman–Crippen LogP) is 5.16. The Kier molecular flexibility index (Phi) is 3.94. The lowest BCUT2D eigenvalue weighted by atomic mass is 9.98. The molecular weight excluding hydrogens is 339 g/mol. The highest BCUT2D eigenvalue weighted by Gasteiger charge is 2.31. The van der Waals surface area contributed by atoms with Gasteiger partial charge < -0.3 is 5.11 Å². The minimum absolute atomic E-state index is 0.264. The molecule has 2 nitrogen and oxygen atoms in total. The van der Waals surface area contributed by atoms with Gasteiger partial charge in [-0.3, -0.25) is 4.98 Å². The van der Waals surface area contributed by atoms with Crippen LogP contribution >= 0.6 is 0 Å². The molecule has 1 heterocycles. The molecule has 5 heteroatoms. The second kappa shape index (κ2) is 6.16. The van der Waals surface area contributed by atoms with Gasteiger partial charge in [0.1, 0.15) is 5.75 Å². The number of phenols is 1. The van der Waals surface area contributed by atoms with Crippen LogP contribution in [0.5, 0.6) is 5.75 Å². The topological polar surface area (TPSA) is 33.1 Å². The largest absolute Gasteiger partial charge is 0.507 e. The molecule has 0 bridgehead atoms. The number of hydrogen-bond donors (Lipinski definition) is 1. The van der Waals surface area contributed by atoms with Crippen molar-refractivity contribution < 1.29 is 18.3 Å². The molecule has 0 amide bonds. The van der Waals surface area contributed by atoms with Gasteiger partial charge in [0.15, 0.2) is 0 Å². The van der Waals surface area contributed by atoms with Crippen LogP contribution in [0.25, 0.3) is 11.1 Å². The van der Waals surface area contributed by atoms with E-state index in [-0.39, 0.29) is 5.75 Å². The first-order valence-corrected chi connectivity index (χ1v) is 8.36. The Hall–Kier alpha value is -2.82. The maximum absolute atomic E-state index is 12.8. The quantitative estimate of drug-likeness (QED) is 0.550. The number of hydrogen-bond acceptors (Lipinski definition) is 2. The predicted molar refractivity (Wildman–Crippen MR) is 93.0 cm³/mol. The molecule has 0 radical (unpaired) electrons. The minimum Gasteiger partial charge on any atom is -0.507 e. The van der Waals surface area contributed by atoms with Crippen molar-refractivity contribution in [3.8, 4) is 16.9 Å². The summed E-state index contributed by atoms with van der Waals surface area (Å²) in [6.45, 7) is 0. The summed E-state index contributed by atoms with van der Waals surface area (Å²) in [5.74, 6) is 0.264. The van der Waals surface area contributed by atoms with E-state index >= 15 is 0 Å². The second-order valence-corrected chi connectivity index (χ2v) is 6.56. The molecule has 1 aliphatic carbocycles. The first kappa shape index (κ1) is 16.6. The first-order valence-electron chi connectivity index (χ1n) is 8.36. The number of rotatable bonds is 3. The van der Waals surface area contributed by atoms with Gasteiger partial charge in [-0.1, -0.05) is 30.3 Å². The Morgan fingerprint density at radius 1 is 0.923 bits per heavy atom. The molecular formula is C21H16F3NO. The molecule has 0 aliphatic heterocycles. The first-order chi connectivity index (χ1) is 12.4. The van der Waals surface area contributed by atoms with Crippen LogP contribution in [0.3, 0.4) is 0 Å². The highest BCUT2D eigenvalue weighted by Crippen LogP contribution is 2.42. The summed E-state index contributed by atoms with van der Waals surface area (Å²) in [4.78, 5) is 3.71. The van der Waals surface area contributed by atoms with Gasteiger partial charge in [0.25, 0.3) is 0 Å². The van der Waals surface area contributed by atoms with Crippen LogP contribution in [0, 0.1) is 0 Å². The zero-order valence-corrected chi connectivity index (χ0v) is 13.8. The van der Waals surface area contributed by atoms with E-state index in [2.05, 4.69) is 4.98 Å². The monoisotopic (exact) mass is 355 g/mol. The Morgan fingerprint density at radius 2 is 1.73 bits per heavy atom. The lowest BCUT2D eigenvalue weighted by Crippen LogP contribution is -2.06. The number of fused-ring (bicyclic) bond motifs is 3. The van der Waals surface area contributed by atoms with Crippen molar-refractivity contribution >= 4 is 0 Å². The summed E-state index contributed by atoms with van der Waals surface area (Å²) < 4.78 is 38.4. The van der Waals surface area contributed by atoms with Crippen molar-refractivity contribution in [2.45, 2.75) is 25.4 Å². The fourth-order valence-electron chi connectivity index (χ4n) is 3.48. The van der Waals surface area contributed by atoms with Crippen molar-refractivity contribution in [1.29, 1.82) is 0 Å². The number of alkyl halides is 3. The molecule has 1 aliphatic rings. The molecule has 0 atom stereocenters. The zero-order valence-electron chi connectivity index (χ0n) is 13.8. The number of halogens is 3. The summed E-state index contributed by atoms with van der Waals surface area (Å²) in [5, 5.41) is 10.2. The Labute approximate surface area is 149 Å². The SMILES string of the molecule is Oc1cccc2c1-c1cc(CCc3cncc(C(F)(F)F)c3)ccc1C2. The van der Waals surface area contributed by atoms with Crippen LogP contribution in [-0.2, 0) is 25.4 Å². The molecule has 0 fully saturated rings. The third-order valence-electron chi connectivity index (χ3n) is 4.78. The van der Waals surface area contributed by atoms with Gasteiger partial charge in [-0.15, -0.1) is 0 Å². The molecule has 1 aromatic heterocycles. The Morgan fingerprint density at radius 3 is 2.54 bits per heavy atom. The van der Waals surface area contributed by atoms with E-state index in [9.17, 15) is 18.3 Å². The van der Waals surface area contributed by atoms with Crippen LogP contribution in [0.15, 0.2) is 54.9 Å². The number of nitrogens with zero attached hydrogens (tertiary/aromatic N) is 1. The number of aromatic hydroxyl groups is 1. The highest BCUT2D eigenvalue weighted by molar-refractivity contribution is 5.81. The van der Waals surface area contributed by atoms with Crippen LogP contribution in [0.2, 0.25) is 0 Å². The summed E-state index contributed by atoms with van der Waals surface area (Å²) in [6.07, 6.45) is -0.181. The molecule has 0 unspecified atom stereocenters. The minimum atomic E-state index is -4.38. The van der Waals surface area contributed by atoms with Crippen LogP contribution in [-0.4, -0.2) is 10.1 Å². The molecule has 0 spiro atoms. The van der Waals surface area contributed by atoms with E-state index < -0.39 is 11.7 Å². The highest BCUT2D eigenvalue weighted by atomic mass is 19.4. The smallest absolute Gasteiger partial charge is 0.417 e. The maximum atomic E-state index is 12.8. The van der Waals surface area contributed by atoms with Crippen molar-refractivity contribution in [2.75, 3.05) is 0 Å². The van der Waals surface area contributed by atoms with E-state index in [1.165, 1.54) is 6.20 Å². The summed E-state index contributed by atoms with van der Waals surface area (Å²) in [6, 6.07) is 12.7. The van der Waals surface area contributed by atoms with Crippen molar-refractivity contribution in [3.63, 3.8) is 0 Å². The van der Waals surface area contributed by atoms with E-state index in [1.807, 2.05) is 30.3 Å². The van der Waals surface area contributed by atoms with Gasteiger partial charge in [-0.2, -0.15) is 13.2 Å². The standard InChI is InChI=1S/C21H16F3NO/c22-21(23,24)17-8-14(11-25-12-17)5-4-13-6-7-15-10-16-2-1-3-19(26)20(16)18(15)9-13/h1-3,6-9,11-12,26H,4-5,10H2. The number of aryl methyl sites for hydroxylation is 2. The Balaban J connectivity index is 1.57. The van der Waals surface area contributed by atoms with Gasteiger partial charge in [0, 0.05) is 18.0 Å². The normalized spacial score (nSPS) is 12.7. The molecule has 4 rings (SSSR count). The molecule has 3 aromatic rings. The van der Waals surface area contributed by atoms with Crippen molar-refractivity contribution in [2.24, 2.45) is 0 Å². The average molecular weight is 355 g/mol. The molecule has 2 aromatic carbocycles. The van der Waals surface area contributed by atoms with Gasteiger partial charge in [0.05, 0.1) is 5.56 Å². The van der Waals surface area contributed by atoms with Crippen molar-refractivity contribution in [3.05, 3.63) is 82.7 Å². The number of phenolic OH excluding ortho intramolecular Hbond substituents is 1. The third-order valence-corrected chi connectivity index (χ3v) is 4.78. The zero-order chi connectivity index (χ0) is 18.3. The summed E-state index contributed by atoms with van der Waals surface area (Å²) >= 11 is 0. The van der Waals surface area contributed by atoms with Crippen LogP contribution < -0.4 is 0 Å². The fourth-order valence-corrected chi connectivity index (χ4v) is 3.48. The molecule has 1 N–H and O–H groups in total. The van der Waals surface area contributed by atoms with Gasteiger partial charge >= 0.3 is 6.18 Å². The second-order valence-electron chi connectivity index (χ2n) is 6.56. The molecule has 0 saturated heterocycles. The summed E-state index contributed by atoms with van der Waals surface area (Å²) in [7, 11) is 0. The summed E-state index contributed by atoms with van der Waals surface area (Å²) in [5.41, 5.74) is 5.00. The molecule has 132 valence electrons. The van der Waals surface area contributed by atoms with Gasteiger partial charge in [-0.05, 0) is 59.2 Å². The van der Waals surface area contributed by atoms with E-state index in [4.69, 9.17) is 0 Å². The lowest BCUT2D eigenvalue weighted by molar-refractivity contribution is -0.137. The van der Waals surface area contributed by atoms with E-state index in [0.717, 1.165) is 46.5 Å². The van der Waals surface area contributed by atoms with Crippen LogP contribution in [0.1, 0.15) is 27.8 Å².